The number of hydrogen-bond acceptors (Lipinski definition) is 4. The van der Waals surface area contributed by atoms with Gasteiger partial charge in [0.25, 0.3) is 0 Å². The van der Waals surface area contributed by atoms with Crippen molar-refractivity contribution in [3.05, 3.63) is 0 Å². The Balaban J connectivity index is 2.58. The molecule has 1 saturated heterocycles. The minimum absolute atomic E-state index is 0.113. The second-order valence-electron chi connectivity index (χ2n) is 5.24. The van der Waals surface area contributed by atoms with Crippen LogP contribution in [0, 0.1) is 5.92 Å². The summed E-state index contributed by atoms with van der Waals surface area (Å²) in [4.78, 5) is 12.2. The van der Waals surface area contributed by atoms with Crippen molar-refractivity contribution in [2.75, 3.05) is 19.8 Å². The first kappa shape index (κ1) is 15.4. The fourth-order valence-corrected chi connectivity index (χ4v) is 2.36. The van der Waals surface area contributed by atoms with Gasteiger partial charge in [0, 0.05) is 0 Å². The van der Waals surface area contributed by atoms with E-state index >= 15 is 0 Å². The summed E-state index contributed by atoms with van der Waals surface area (Å²) < 4.78 is 0. The fraction of sp³-hybridized carbons (Fsp3) is 0.923. The van der Waals surface area contributed by atoms with Gasteiger partial charge in [-0.1, -0.05) is 20.3 Å². The Bertz CT molecular complexity index is 259. The third kappa shape index (κ3) is 3.67. The van der Waals surface area contributed by atoms with Crippen LogP contribution >= 0.6 is 0 Å². The zero-order chi connectivity index (χ0) is 13.6. The molecule has 2 atom stereocenters. The van der Waals surface area contributed by atoms with E-state index in [0.29, 0.717) is 12.3 Å². The van der Waals surface area contributed by atoms with E-state index in [9.17, 15) is 15.0 Å². The largest absolute Gasteiger partial charge is 0.394 e. The van der Waals surface area contributed by atoms with Crippen LogP contribution in [0.15, 0.2) is 0 Å². The van der Waals surface area contributed by atoms with Crippen LogP contribution in [0.2, 0.25) is 0 Å². The molecule has 5 nitrogen and oxygen atoms in total. The molecular formula is C13H26N2O3. The smallest absolute Gasteiger partial charge is 0.237 e. The Kier molecular flexibility index (Phi) is 6.05. The molecule has 0 spiro atoms. The predicted octanol–water partition coefficient (Wildman–Crippen LogP) is 0.0142. The van der Waals surface area contributed by atoms with E-state index in [1.807, 2.05) is 6.92 Å². The van der Waals surface area contributed by atoms with E-state index in [1.165, 1.54) is 0 Å². The van der Waals surface area contributed by atoms with E-state index in [0.717, 1.165) is 25.8 Å². The second kappa shape index (κ2) is 7.07. The van der Waals surface area contributed by atoms with Crippen LogP contribution in [0.25, 0.3) is 0 Å². The molecule has 1 amide bonds. The minimum atomic E-state index is -0.891. The molecule has 0 radical (unpaired) electrons. The van der Waals surface area contributed by atoms with Crippen molar-refractivity contribution in [3.63, 3.8) is 0 Å². The summed E-state index contributed by atoms with van der Waals surface area (Å²) in [5.41, 5.74) is -0.891. The van der Waals surface area contributed by atoms with Gasteiger partial charge >= 0.3 is 0 Å². The average Bonchev–Trinajstić information content (AvgIpc) is 2.44. The monoisotopic (exact) mass is 258 g/mol. The Morgan fingerprint density at radius 2 is 2.06 bits per heavy atom. The molecule has 1 aliphatic rings. The van der Waals surface area contributed by atoms with E-state index in [1.54, 1.807) is 0 Å². The zero-order valence-corrected chi connectivity index (χ0v) is 11.4. The number of aliphatic hydroxyl groups excluding tert-OH is 2. The highest BCUT2D eigenvalue weighted by Crippen LogP contribution is 2.20. The number of hydrogen-bond donors (Lipinski definition) is 4. The van der Waals surface area contributed by atoms with Gasteiger partial charge in [-0.25, -0.2) is 0 Å². The Morgan fingerprint density at radius 3 is 2.56 bits per heavy atom. The molecule has 0 aromatic carbocycles. The highest BCUT2D eigenvalue weighted by atomic mass is 16.3. The molecule has 0 aromatic heterocycles. The fourth-order valence-electron chi connectivity index (χ4n) is 2.36. The molecule has 1 heterocycles. The third-order valence-corrected chi connectivity index (χ3v) is 4.08. The molecule has 0 aromatic rings. The van der Waals surface area contributed by atoms with Crippen LogP contribution in [0.3, 0.4) is 0 Å². The Morgan fingerprint density at radius 1 is 1.39 bits per heavy atom. The topological polar surface area (TPSA) is 81.6 Å². The van der Waals surface area contributed by atoms with Gasteiger partial charge in [-0.3, -0.25) is 4.79 Å². The maximum absolute atomic E-state index is 12.2. The molecule has 18 heavy (non-hydrogen) atoms. The molecule has 0 bridgehead atoms. The molecule has 5 heteroatoms. The van der Waals surface area contributed by atoms with Crippen LogP contribution in [0.1, 0.15) is 39.5 Å². The lowest BCUT2D eigenvalue weighted by molar-refractivity contribution is -0.127. The van der Waals surface area contributed by atoms with Gasteiger partial charge in [0.1, 0.15) is 0 Å². The molecule has 0 saturated carbocycles. The van der Waals surface area contributed by atoms with Crippen LogP contribution < -0.4 is 10.6 Å². The zero-order valence-electron chi connectivity index (χ0n) is 11.4. The molecular weight excluding hydrogens is 232 g/mol. The number of amides is 1. The average molecular weight is 258 g/mol. The number of carbonyl (C=O) groups excluding carboxylic acids is 1. The highest BCUT2D eigenvalue weighted by molar-refractivity contribution is 5.82. The quantitative estimate of drug-likeness (QED) is 0.541. The number of rotatable bonds is 6. The maximum Gasteiger partial charge on any atom is 0.237 e. The summed E-state index contributed by atoms with van der Waals surface area (Å²) in [7, 11) is 0. The molecule has 1 rings (SSSR count). The molecule has 0 aliphatic carbocycles. The van der Waals surface area contributed by atoms with Crippen LogP contribution in [-0.4, -0.2) is 47.5 Å². The second-order valence-corrected chi connectivity index (χ2v) is 5.24. The first-order chi connectivity index (χ1) is 8.60. The van der Waals surface area contributed by atoms with Crippen molar-refractivity contribution >= 4 is 5.91 Å². The molecule has 106 valence electrons. The van der Waals surface area contributed by atoms with Crippen molar-refractivity contribution in [1.29, 1.82) is 0 Å². The maximum atomic E-state index is 12.2. The molecule has 4 N–H and O–H groups in total. The SMILES string of the molecule is CCC1CCNC(C(=O)NC(CC)(CO)CO)C1. The normalized spacial score (nSPS) is 24.9. The standard InChI is InChI=1S/C13H26N2O3/c1-3-10-5-6-14-11(7-10)12(18)15-13(4-2,8-16)9-17/h10-11,14,16-17H,3-9H2,1-2H3,(H,15,18). The summed E-state index contributed by atoms with van der Waals surface area (Å²) >= 11 is 0. The summed E-state index contributed by atoms with van der Waals surface area (Å²) in [6, 6.07) is -0.201. The summed E-state index contributed by atoms with van der Waals surface area (Å²) in [5.74, 6) is 0.472. The van der Waals surface area contributed by atoms with E-state index in [2.05, 4.69) is 17.6 Å². The first-order valence-corrected chi connectivity index (χ1v) is 6.88. The van der Waals surface area contributed by atoms with Gasteiger partial charge in [0.05, 0.1) is 24.8 Å². The summed E-state index contributed by atoms with van der Waals surface area (Å²) in [6.45, 7) is 4.36. The predicted molar refractivity (Wildman–Crippen MR) is 70.1 cm³/mol. The lowest BCUT2D eigenvalue weighted by atomic mass is 9.89. The van der Waals surface area contributed by atoms with Gasteiger partial charge in [0.15, 0.2) is 0 Å². The highest BCUT2D eigenvalue weighted by Gasteiger charge is 2.33. The van der Waals surface area contributed by atoms with Crippen molar-refractivity contribution in [2.45, 2.75) is 51.1 Å². The van der Waals surface area contributed by atoms with Crippen molar-refractivity contribution < 1.29 is 15.0 Å². The van der Waals surface area contributed by atoms with E-state index in [4.69, 9.17) is 0 Å². The van der Waals surface area contributed by atoms with Crippen LogP contribution in [-0.2, 0) is 4.79 Å². The number of aliphatic hydroxyl groups is 2. The lowest BCUT2D eigenvalue weighted by Gasteiger charge is -2.34. The molecule has 2 unspecified atom stereocenters. The lowest BCUT2D eigenvalue weighted by Crippen LogP contribution is -2.59. The number of carbonyl (C=O) groups is 1. The number of piperidine rings is 1. The van der Waals surface area contributed by atoms with Gasteiger partial charge in [-0.05, 0) is 31.7 Å². The van der Waals surface area contributed by atoms with Gasteiger partial charge < -0.3 is 20.8 Å². The molecule has 1 fully saturated rings. The van der Waals surface area contributed by atoms with E-state index in [-0.39, 0.29) is 25.2 Å². The van der Waals surface area contributed by atoms with Crippen molar-refractivity contribution in [2.24, 2.45) is 5.92 Å². The van der Waals surface area contributed by atoms with Crippen LogP contribution in [0.5, 0.6) is 0 Å². The molecule has 1 aliphatic heterocycles. The minimum Gasteiger partial charge on any atom is -0.394 e. The number of nitrogens with one attached hydrogen (secondary N) is 2. The Labute approximate surface area is 109 Å². The summed E-state index contributed by atoms with van der Waals surface area (Å²) in [6.07, 6.45) is 3.54. The summed E-state index contributed by atoms with van der Waals surface area (Å²) in [5, 5.41) is 24.6. The van der Waals surface area contributed by atoms with Crippen molar-refractivity contribution in [1.82, 2.24) is 10.6 Å². The van der Waals surface area contributed by atoms with Gasteiger partial charge in [-0.15, -0.1) is 0 Å². The van der Waals surface area contributed by atoms with Gasteiger partial charge in [0.2, 0.25) is 5.91 Å². The third-order valence-electron chi connectivity index (χ3n) is 4.08. The van der Waals surface area contributed by atoms with Crippen LogP contribution in [0.4, 0.5) is 0 Å². The van der Waals surface area contributed by atoms with Gasteiger partial charge in [-0.2, -0.15) is 0 Å². The van der Waals surface area contributed by atoms with Crippen molar-refractivity contribution in [3.8, 4) is 0 Å². The van der Waals surface area contributed by atoms with E-state index < -0.39 is 5.54 Å². The first-order valence-electron chi connectivity index (χ1n) is 6.88. The Hall–Kier alpha value is -0.650.